The summed E-state index contributed by atoms with van der Waals surface area (Å²) in [4.78, 5) is 4.95. The first kappa shape index (κ1) is 16.9. The van der Waals surface area contributed by atoms with Crippen LogP contribution in [0.1, 0.15) is 30.1 Å². The summed E-state index contributed by atoms with van der Waals surface area (Å²) >= 11 is 0. The number of hydrogen-bond acceptors (Lipinski definition) is 6. The van der Waals surface area contributed by atoms with Crippen molar-refractivity contribution in [1.29, 1.82) is 0 Å². The molecule has 0 spiro atoms. The zero-order chi connectivity index (χ0) is 17.8. The molecule has 1 fully saturated rings. The predicted molar refractivity (Wildman–Crippen MR) is 97.6 cm³/mol. The highest BCUT2D eigenvalue weighted by Gasteiger charge is 2.30. The van der Waals surface area contributed by atoms with Gasteiger partial charge in [-0.05, 0) is 34.7 Å². The minimum Gasteiger partial charge on any atom is -0.467 e. The highest BCUT2D eigenvalue weighted by atomic mass is 16.3. The molecule has 2 aromatic heterocycles. The van der Waals surface area contributed by atoms with E-state index in [4.69, 9.17) is 4.42 Å². The van der Waals surface area contributed by atoms with Gasteiger partial charge >= 0.3 is 0 Å². The minimum absolute atomic E-state index is 0.0418. The Morgan fingerprint density at radius 2 is 1.85 bits per heavy atom. The molecular weight excluding hydrogens is 328 g/mol. The van der Waals surface area contributed by atoms with Crippen molar-refractivity contribution < 1.29 is 4.42 Å². The maximum atomic E-state index is 5.48. The first-order valence-electron chi connectivity index (χ1n) is 9.15. The van der Waals surface area contributed by atoms with Gasteiger partial charge in [0.2, 0.25) is 0 Å². The van der Waals surface area contributed by atoms with Gasteiger partial charge in [0.15, 0.2) is 5.82 Å². The number of furan rings is 1. The lowest BCUT2D eigenvalue weighted by atomic mass is 10.0. The van der Waals surface area contributed by atoms with Crippen molar-refractivity contribution >= 4 is 0 Å². The molecule has 1 aliphatic rings. The van der Waals surface area contributed by atoms with E-state index in [1.165, 1.54) is 5.56 Å². The zero-order valence-electron chi connectivity index (χ0n) is 15.0. The lowest BCUT2D eigenvalue weighted by Crippen LogP contribution is -2.48. The van der Waals surface area contributed by atoms with Gasteiger partial charge in [0.1, 0.15) is 12.3 Å². The number of nitrogens with zero attached hydrogens (tertiary/aromatic N) is 6. The van der Waals surface area contributed by atoms with Crippen LogP contribution in [0.2, 0.25) is 0 Å². The van der Waals surface area contributed by atoms with Crippen LogP contribution in [-0.4, -0.2) is 62.7 Å². The van der Waals surface area contributed by atoms with Crippen molar-refractivity contribution in [3.63, 3.8) is 0 Å². The lowest BCUT2D eigenvalue weighted by Gasteiger charge is -2.38. The maximum Gasteiger partial charge on any atom is 0.173 e. The number of tetrazole rings is 1. The van der Waals surface area contributed by atoms with Gasteiger partial charge in [-0.1, -0.05) is 37.3 Å². The quantitative estimate of drug-likeness (QED) is 0.676. The molecule has 1 aliphatic heterocycles. The average molecular weight is 352 g/mol. The summed E-state index contributed by atoms with van der Waals surface area (Å²) in [6, 6.07) is 14.4. The number of piperazine rings is 1. The SMILES string of the molecule is CCN1CCN([C@@H](c2ccccc2)c2nnnn2Cc2ccco2)CC1. The molecular formula is C19H24N6O. The summed E-state index contributed by atoms with van der Waals surface area (Å²) in [7, 11) is 0. The average Bonchev–Trinajstić information content (AvgIpc) is 3.37. The molecule has 0 unspecified atom stereocenters. The molecule has 1 saturated heterocycles. The molecule has 26 heavy (non-hydrogen) atoms. The molecule has 0 aliphatic carbocycles. The Balaban J connectivity index is 1.65. The van der Waals surface area contributed by atoms with Crippen molar-refractivity contribution in [3.8, 4) is 0 Å². The molecule has 0 saturated carbocycles. The third-order valence-electron chi connectivity index (χ3n) is 5.02. The Hall–Kier alpha value is -2.51. The Labute approximate surface area is 153 Å². The Morgan fingerprint density at radius 3 is 2.54 bits per heavy atom. The summed E-state index contributed by atoms with van der Waals surface area (Å²) in [5.74, 6) is 1.71. The Morgan fingerprint density at radius 1 is 1.04 bits per heavy atom. The van der Waals surface area contributed by atoms with E-state index in [0.717, 1.165) is 44.3 Å². The van der Waals surface area contributed by atoms with Crippen LogP contribution in [-0.2, 0) is 6.54 Å². The first-order valence-corrected chi connectivity index (χ1v) is 9.15. The third-order valence-corrected chi connectivity index (χ3v) is 5.02. The van der Waals surface area contributed by atoms with E-state index in [9.17, 15) is 0 Å². The summed E-state index contributed by atoms with van der Waals surface area (Å²) in [5, 5.41) is 12.6. The molecule has 136 valence electrons. The molecule has 0 amide bonds. The van der Waals surface area contributed by atoms with Crippen LogP contribution in [0.4, 0.5) is 0 Å². The van der Waals surface area contributed by atoms with Crippen molar-refractivity contribution in [1.82, 2.24) is 30.0 Å². The molecule has 0 bridgehead atoms. The van der Waals surface area contributed by atoms with Crippen molar-refractivity contribution in [2.45, 2.75) is 19.5 Å². The molecule has 7 heteroatoms. The molecule has 0 radical (unpaired) electrons. The van der Waals surface area contributed by atoms with Crippen LogP contribution in [0.3, 0.4) is 0 Å². The fraction of sp³-hybridized carbons (Fsp3) is 0.421. The highest BCUT2D eigenvalue weighted by molar-refractivity contribution is 5.25. The smallest absolute Gasteiger partial charge is 0.173 e. The summed E-state index contributed by atoms with van der Waals surface area (Å²) in [5.41, 5.74) is 1.22. The van der Waals surface area contributed by atoms with Crippen LogP contribution < -0.4 is 0 Å². The van der Waals surface area contributed by atoms with Crippen molar-refractivity contribution in [3.05, 3.63) is 65.9 Å². The van der Waals surface area contributed by atoms with Gasteiger partial charge in [0.25, 0.3) is 0 Å². The van der Waals surface area contributed by atoms with Crippen LogP contribution in [0.25, 0.3) is 0 Å². The first-order chi connectivity index (χ1) is 12.8. The van der Waals surface area contributed by atoms with Crippen LogP contribution in [0.5, 0.6) is 0 Å². The van der Waals surface area contributed by atoms with Crippen LogP contribution in [0, 0.1) is 0 Å². The van der Waals surface area contributed by atoms with E-state index in [0.29, 0.717) is 6.54 Å². The Bertz CT molecular complexity index is 793. The van der Waals surface area contributed by atoms with Crippen molar-refractivity contribution in [2.75, 3.05) is 32.7 Å². The lowest BCUT2D eigenvalue weighted by molar-refractivity contribution is 0.108. The van der Waals surface area contributed by atoms with Crippen LogP contribution >= 0.6 is 0 Å². The van der Waals surface area contributed by atoms with Gasteiger partial charge in [0, 0.05) is 26.2 Å². The molecule has 3 aromatic rings. The normalized spacial score (nSPS) is 17.4. The second-order valence-corrected chi connectivity index (χ2v) is 6.56. The van der Waals surface area contributed by atoms with Gasteiger partial charge in [0.05, 0.1) is 12.3 Å². The molecule has 1 aromatic carbocycles. The summed E-state index contributed by atoms with van der Waals surface area (Å²) < 4.78 is 7.33. The fourth-order valence-corrected chi connectivity index (χ4v) is 3.57. The number of aromatic nitrogens is 4. The topological polar surface area (TPSA) is 63.2 Å². The maximum absolute atomic E-state index is 5.48. The standard InChI is InChI=1S/C19H24N6O/c1-2-23-10-12-24(13-11-23)18(16-7-4-3-5-8-16)19-20-21-22-25(19)15-17-9-6-14-26-17/h3-9,14,18H,2,10-13,15H2,1H3/t18-/m0/s1. The van der Waals surface area contributed by atoms with E-state index >= 15 is 0 Å². The van der Waals surface area contributed by atoms with Gasteiger partial charge < -0.3 is 9.32 Å². The molecule has 0 N–H and O–H groups in total. The van der Waals surface area contributed by atoms with Crippen LogP contribution in [0.15, 0.2) is 53.1 Å². The minimum atomic E-state index is 0.0418. The van der Waals surface area contributed by atoms with E-state index in [-0.39, 0.29) is 6.04 Å². The third kappa shape index (κ3) is 3.54. The van der Waals surface area contributed by atoms with Gasteiger partial charge in [-0.25, -0.2) is 4.68 Å². The van der Waals surface area contributed by atoms with E-state index < -0.39 is 0 Å². The highest BCUT2D eigenvalue weighted by Crippen LogP contribution is 2.28. The van der Waals surface area contributed by atoms with Gasteiger partial charge in [-0.2, -0.15) is 0 Å². The Kier molecular flexibility index (Phi) is 5.08. The van der Waals surface area contributed by atoms with E-state index in [1.807, 2.05) is 22.9 Å². The van der Waals surface area contributed by atoms with Gasteiger partial charge in [-0.15, -0.1) is 5.10 Å². The second kappa shape index (κ2) is 7.80. The monoisotopic (exact) mass is 352 g/mol. The molecule has 4 rings (SSSR count). The van der Waals surface area contributed by atoms with Crippen molar-refractivity contribution in [2.24, 2.45) is 0 Å². The van der Waals surface area contributed by atoms with E-state index in [2.05, 4.69) is 56.5 Å². The predicted octanol–water partition coefficient (Wildman–Crippen LogP) is 2.04. The number of likely N-dealkylation sites (N-methyl/N-ethyl adjacent to an activating group) is 1. The number of benzene rings is 1. The molecule has 1 atom stereocenters. The summed E-state index contributed by atoms with van der Waals surface area (Å²) in [6.07, 6.45) is 1.68. The molecule has 7 nitrogen and oxygen atoms in total. The zero-order valence-corrected chi connectivity index (χ0v) is 15.0. The number of rotatable bonds is 6. The number of hydrogen-bond donors (Lipinski definition) is 0. The van der Waals surface area contributed by atoms with Gasteiger partial charge in [-0.3, -0.25) is 4.90 Å². The largest absolute Gasteiger partial charge is 0.467 e. The fourth-order valence-electron chi connectivity index (χ4n) is 3.57. The summed E-state index contributed by atoms with van der Waals surface area (Å²) in [6.45, 7) is 7.99. The second-order valence-electron chi connectivity index (χ2n) is 6.56. The van der Waals surface area contributed by atoms with E-state index in [1.54, 1.807) is 6.26 Å². The molecule has 3 heterocycles.